The normalized spacial score (nSPS) is 13.2. The average Bonchev–Trinajstić information content (AvgIpc) is 3.43. The maximum absolute atomic E-state index is 12.8. The van der Waals surface area contributed by atoms with Crippen molar-refractivity contribution in [1.29, 1.82) is 0 Å². The zero-order valence-electron chi connectivity index (χ0n) is 49.4. The summed E-state index contributed by atoms with van der Waals surface area (Å²) < 4.78 is 16.7. The van der Waals surface area contributed by atoms with Crippen LogP contribution in [0.4, 0.5) is 0 Å². The lowest BCUT2D eigenvalue weighted by Crippen LogP contribution is -2.30. The second-order valence-electron chi connectivity index (χ2n) is 19.9. The topological polar surface area (TPSA) is 78.9 Å². The largest absolute Gasteiger partial charge is 0.462 e. The molecule has 0 spiro atoms. The second-order valence-corrected chi connectivity index (χ2v) is 19.9. The number of unbranched alkanes of at least 4 members (excludes halogenated alkanes) is 17. The first-order valence-electron chi connectivity index (χ1n) is 31.0. The van der Waals surface area contributed by atoms with Crippen LogP contribution in [0.1, 0.15) is 252 Å². The molecule has 6 nitrogen and oxygen atoms in total. The van der Waals surface area contributed by atoms with Crippen LogP contribution in [-0.4, -0.2) is 37.2 Å². The van der Waals surface area contributed by atoms with Crippen molar-refractivity contribution in [3.63, 3.8) is 0 Å². The van der Waals surface area contributed by atoms with Gasteiger partial charge in [0.1, 0.15) is 13.2 Å². The van der Waals surface area contributed by atoms with E-state index in [0.29, 0.717) is 25.7 Å². The van der Waals surface area contributed by atoms with Gasteiger partial charge in [0.25, 0.3) is 0 Å². The summed E-state index contributed by atoms with van der Waals surface area (Å²) >= 11 is 0. The zero-order chi connectivity index (χ0) is 55.7. The van der Waals surface area contributed by atoms with E-state index in [9.17, 15) is 14.4 Å². The monoisotopic (exact) mass is 1060 g/mol. The quantitative estimate of drug-likeness (QED) is 0.0261. The third kappa shape index (κ3) is 61.8. The summed E-state index contributed by atoms with van der Waals surface area (Å²) in [7, 11) is 0. The maximum atomic E-state index is 12.8. The summed E-state index contributed by atoms with van der Waals surface area (Å²) in [5, 5.41) is 0. The van der Waals surface area contributed by atoms with E-state index < -0.39 is 6.10 Å². The molecule has 0 aliphatic rings. The highest BCUT2D eigenvalue weighted by Crippen LogP contribution is 2.13. The fourth-order valence-corrected chi connectivity index (χ4v) is 7.89. The molecule has 6 heteroatoms. The van der Waals surface area contributed by atoms with E-state index in [1.54, 1.807) is 0 Å². The first-order chi connectivity index (χ1) is 38.0. The maximum Gasteiger partial charge on any atom is 0.306 e. The minimum absolute atomic E-state index is 0.104. The van der Waals surface area contributed by atoms with Gasteiger partial charge in [0.05, 0.1) is 0 Å². The van der Waals surface area contributed by atoms with Gasteiger partial charge in [0.2, 0.25) is 0 Å². The van der Waals surface area contributed by atoms with Gasteiger partial charge in [-0.3, -0.25) is 14.4 Å². The van der Waals surface area contributed by atoms with Crippen molar-refractivity contribution in [1.82, 2.24) is 0 Å². The number of hydrogen-bond acceptors (Lipinski definition) is 6. The second kappa shape index (κ2) is 63.6. The van der Waals surface area contributed by atoms with Crippen LogP contribution in [0.3, 0.4) is 0 Å². The van der Waals surface area contributed by atoms with Crippen molar-refractivity contribution in [2.45, 2.75) is 258 Å². The van der Waals surface area contributed by atoms with Crippen LogP contribution in [-0.2, 0) is 28.6 Å². The van der Waals surface area contributed by atoms with E-state index >= 15 is 0 Å². The van der Waals surface area contributed by atoms with E-state index in [4.69, 9.17) is 14.2 Å². The average molecular weight is 1060 g/mol. The van der Waals surface area contributed by atoms with Crippen LogP contribution in [0.15, 0.2) is 158 Å². The molecule has 0 radical (unpaired) electrons. The third-order valence-corrected chi connectivity index (χ3v) is 12.5. The predicted molar refractivity (Wildman–Crippen MR) is 334 cm³/mol. The highest BCUT2D eigenvalue weighted by Gasteiger charge is 2.19. The molecule has 0 bridgehead atoms. The number of hydrogen-bond donors (Lipinski definition) is 0. The lowest BCUT2D eigenvalue weighted by Gasteiger charge is -2.18. The minimum atomic E-state index is -0.807. The number of allylic oxidation sites excluding steroid dienone is 26. The molecule has 0 aromatic heterocycles. The van der Waals surface area contributed by atoms with Gasteiger partial charge in [-0.2, -0.15) is 0 Å². The number of esters is 3. The van der Waals surface area contributed by atoms with Crippen LogP contribution in [0.2, 0.25) is 0 Å². The molecular weight excluding hydrogens is 949 g/mol. The number of ether oxygens (including phenoxy) is 3. The molecule has 0 aromatic carbocycles. The Labute approximate surface area is 473 Å². The Morgan fingerprint density at radius 1 is 0.273 bits per heavy atom. The summed E-state index contributed by atoms with van der Waals surface area (Å²) in [5.74, 6) is -0.983. The number of rotatable bonds is 54. The summed E-state index contributed by atoms with van der Waals surface area (Å²) in [6.07, 6.45) is 92.9. The van der Waals surface area contributed by atoms with Crippen LogP contribution < -0.4 is 0 Å². The van der Waals surface area contributed by atoms with Gasteiger partial charge in [-0.25, -0.2) is 0 Å². The van der Waals surface area contributed by atoms with Crippen LogP contribution in [0.25, 0.3) is 0 Å². The molecule has 432 valence electrons. The van der Waals surface area contributed by atoms with Crippen molar-refractivity contribution in [2.75, 3.05) is 13.2 Å². The molecular formula is C71H112O6. The Balaban J connectivity index is 4.22. The fourth-order valence-electron chi connectivity index (χ4n) is 7.89. The van der Waals surface area contributed by atoms with E-state index in [1.165, 1.54) is 51.4 Å². The van der Waals surface area contributed by atoms with Crippen molar-refractivity contribution in [3.05, 3.63) is 158 Å². The molecule has 0 N–H and O–H groups in total. The minimum Gasteiger partial charge on any atom is -0.462 e. The Bertz CT molecular complexity index is 1740. The molecule has 0 amide bonds. The molecule has 0 aliphatic heterocycles. The Morgan fingerprint density at radius 3 is 0.818 bits per heavy atom. The first kappa shape index (κ1) is 72.0. The Hall–Kier alpha value is -4.97. The van der Waals surface area contributed by atoms with Gasteiger partial charge in [-0.1, -0.05) is 256 Å². The third-order valence-electron chi connectivity index (χ3n) is 12.5. The molecule has 77 heavy (non-hydrogen) atoms. The molecule has 0 saturated heterocycles. The van der Waals surface area contributed by atoms with Gasteiger partial charge in [0, 0.05) is 19.3 Å². The van der Waals surface area contributed by atoms with Gasteiger partial charge < -0.3 is 14.2 Å². The first-order valence-corrected chi connectivity index (χ1v) is 31.0. The number of carbonyl (C=O) groups excluding carboxylic acids is 3. The van der Waals surface area contributed by atoms with E-state index in [0.717, 1.165) is 154 Å². The molecule has 0 saturated carbocycles. The SMILES string of the molecule is CC/C=C\C/C=C\C/C=C\C/C=C\C/C=C\C/C=C\C/C=C\C/C=C\C/C=C\C/C=C\CCCCC(=O)OCC(COC(=O)CCCCCCC)OC(=O)CCCCCCCC/C=C\C/C=C\C/C=C\CCCCCCC. The number of carbonyl (C=O) groups is 3. The van der Waals surface area contributed by atoms with Gasteiger partial charge in [-0.05, 0) is 135 Å². The van der Waals surface area contributed by atoms with Crippen molar-refractivity contribution in [2.24, 2.45) is 0 Å². The highest BCUT2D eigenvalue weighted by atomic mass is 16.6. The summed E-state index contributed by atoms with van der Waals surface area (Å²) in [5.41, 5.74) is 0. The fraction of sp³-hybridized carbons (Fsp3) is 0.592. The molecule has 1 unspecified atom stereocenters. The van der Waals surface area contributed by atoms with E-state index in [2.05, 4.69) is 179 Å². The molecule has 0 aliphatic carbocycles. The molecule has 0 heterocycles. The highest BCUT2D eigenvalue weighted by molar-refractivity contribution is 5.71. The van der Waals surface area contributed by atoms with Crippen molar-refractivity contribution >= 4 is 17.9 Å². The van der Waals surface area contributed by atoms with E-state index in [-0.39, 0.29) is 31.1 Å². The van der Waals surface area contributed by atoms with Crippen LogP contribution >= 0.6 is 0 Å². The lowest BCUT2D eigenvalue weighted by atomic mass is 10.1. The molecule has 0 aromatic rings. The standard InChI is InChI=1S/C71H112O6/c1-4-7-10-13-15-17-19-21-23-25-27-29-30-31-32-33-34-35-36-37-38-39-40-42-43-45-47-49-51-53-55-58-61-64-70(73)76-67-68(66-75-69(72)63-60-57-12-9-6-3)77-71(74)65-62-59-56-54-52-50-48-46-44-41-28-26-24-22-20-18-16-14-11-8-5-2/h7,10,15,17,20-23,26-29,31-32,34-35,37-38,40,42,44-47,51,53,68H,4-6,8-9,11-14,16,18-19,24-25,30,33,36,39,41,43,48-50,52,54-67H2,1-3H3/b10-7-,17-15-,22-20-,23-21-,28-26-,29-27-,32-31-,35-34-,38-37-,42-40-,46-44-,47-45-,53-51-. The summed E-state index contributed by atoms with van der Waals surface area (Å²) in [6, 6.07) is 0. The van der Waals surface area contributed by atoms with Gasteiger partial charge in [0.15, 0.2) is 6.10 Å². The van der Waals surface area contributed by atoms with Gasteiger partial charge in [-0.15, -0.1) is 0 Å². The molecule has 0 fully saturated rings. The Morgan fingerprint density at radius 2 is 0.506 bits per heavy atom. The van der Waals surface area contributed by atoms with E-state index in [1.807, 2.05) is 0 Å². The van der Waals surface area contributed by atoms with Crippen molar-refractivity contribution in [3.8, 4) is 0 Å². The zero-order valence-corrected chi connectivity index (χ0v) is 49.4. The summed E-state index contributed by atoms with van der Waals surface area (Å²) in [4.78, 5) is 37.9. The van der Waals surface area contributed by atoms with Crippen LogP contribution in [0.5, 0.6) is 0 Å². The Kier molecular flexibility index (Phi) is 59.5. The molecule has 0 rings (SSSR count). The van der Waals surface area contributed by atoms with Crippen LogP contribution in [0, 0.1) is 0 Å². The smallest absolute Gasteiger partial charge is 0.306 e. The van der Waals surface area contributed by atoms with Crippen molar-refractivity contribution < 1.29 is 28.6 Å². The lowest BCUT2D eigenvalue weighted by molar-refractivity contribution is -0.167. The predicted octanol–water partition coefficient (Wildman–Crippen LogP) is 21.3. The molecule has 1 atom stereocenters. The summed E-state index contributed by atoms with van der Waals surface area (Å²) in [6.45, 7) is 6.37. The van der Waals surface area contributed by atoms with Gasteiger partial charge >= 0.3 is 17.9 Å².